The first-order valence-electron chi connectivity index (χ1n) is 11.2. The number of hydrogen-bond acceptors (Lipinski definition) is 4. The Morgan fingerprint density at radius 3 is 2.76 bits per heavy atom. The van der Waals surface area contributed by atoms with Gasteiger partial charge in [0.05, 0.1) is 6.04 Å². The number of likely N-dealkylation sites (N-methyl/N-ethyl adjacent to an activating group) is 1. The third-order valence-electron chi connectivity index (χ3n) is 7.33. The number of carbonyl (C=O) groups is 2. The van der Waals surface area contributed by atoms with E-state index in [1.165, 1.54) is 12.0 Å². The Hall–Kier alpha value is -1.95. The van der Waals surface area contributed by atoms with E-state index in [9.17, 15) is 9.59 Å². The van der Waals surface area contributed by atoms with Crippen molar-refractivity contribution in [3.8, 4) is 0 Å². The number of likely N-dealkylation sites (tertiary alicyclic amines) is 3. The van der Waals surface area contributed by atoms with E-state index in [4.69, 9.17) is 0 Å². The van der Waals surface area contributed by atoms with E-state index in [0.29, 0.717) is 12.3 Å². The summed E-state index contributed by atoms with van der Waals surface area (Å²) in [5.41, 5.74) is 1.37. The van der Waals surface area contributed by atoms with E-state index in [1.807, 2.05) is 12.3 Å². The first-order valence-corrected chi connectivity index (χ1v) is 11.2. The molecule has 0 unspecified atom stereocenters. The maximum absolute atomic E-state index is 13.0. The second-order valence-corrected chi connectivity index (χ2v) is 9.24. The standard InChI is InChI=1S/C23H34N4O2/c1-25-13-3-2-6-20(25)22(29)26-15-10-23(11-16-26)9-7-21(28)27(18-23)14-8-19-5-4-12-24-17-19/h4-5,12,17,20H,2-3,6-11,13-16,18H2,1H3/t20-/m0/s1. The average Bonchev–Trinajstić information content (AvgIpc) is 2.76. The molecule has 2 amide bonds. The first kappa shape index (κ1) is 20.3. The molecule has 1 atom stereocenters. The highest BCUT2D eigenvalue weighted by molar-refractivity contribution is 5.82. The lowest BCUT2D eigenvalue weighted by atomic mass is 9.72. The zero-order chi connectivity index (χ0) is 20.3. The lowest BCUT2D eigenvalue weighted by Gasteiger charge is -2.48. The molecular weight excluding hydrogens is 364 g/mol. The highest BCUT2D eigenvalue weighted by Crippen LogP contribution is 2.40. The molecule has 3 aliphatic rings. The molecule has 6 heteroatoms. The van der Waals surface area contributed by atoms with Crippen LogP contribution in [-0.2, 0) is 16.0 Å². The van der Waals surface area contributed by atoms with Gasteiger partial charge in [0.25, 0.3) is 0 Å². The van der Waals surface area contributed by atoms with Crippen LogP contribution in [-0.4, -0.2) is 77.3 Å². The molecular formula is C23H34N4O2. The Morgan fingerprint density at radius 1 is 1.21 bits per heavy atom. The summed E-state index contributed by atoms with van der Waals surface area (Å²) in [7, 11) is 2.08. The summed E-state index contributed by atoms with van der Waals surface area (Å²) in [5.74, 6) is 0.601. The summed E-state index contributed by atoms with van der Waals surface area (Å²) in [6.07, 6.45) is 11.5. The van der Waals surface area contributed by atoms with Crippen LogP contribution in [0.15, 0.2) is 24.5 Å². The third-order valence-corrected chi connectivity index (χ3v) is 7.33. The molecule has 4 rings (SSSR count). The Bertz CT molecular complexity index is 715. The van der Waals surface area contributed by atoms with Gasteiger partial charge in [0.2, 0.25) is 11.8 Å². The maximum atomic E-state index is 13.0. The Labute approximate surface area is 174 Å². The van der Waals surface area contributed by atoms with Gasteiger partial charge in [0, 0.05) is 45.0 Å². The molecule has 1 aromatic heterocycles. The van der Waals surface area contributed by atoms with Crippen LogP contribution in [0.4, 0.5) is 0 Å². The van der Waals surface area contributed by atoms with Gasteiger partial charge in [-0.2, -0.15) is 0 Å². The third kappa shape index (κ3) is 4.63. The molecule has 1 spiro atoms. The summed E-state index contributed by atoms with van der Waals surface area (Å²) in [6, 6.07) is 4.09. The van der Waals surface area contributed by atoms with Crippen molar-refractivity contribution in [1.82, 2.24) is 19.7 Å². The summed E-state index contributed by atoms with van der Waals surface area (Å²) >= 11 is 0. The zero-order valence-electron chi connectivity index (χ0n) is 17.7. The predicted octanol–water partition coefficient (Wildman–Crippen LogP) is 2.34. The molecule has 0 saturated carbocycles. The van der Waals surface area contributed by atoms with Gasteiger partial charge in [-0.15, -0.1) is 0 Å². The number of pyridine rings is 1. The lowest BCUT2D eigenvalue weighted by molar-refractivity contribution is -0.145. The lowest BCUT2D eigenvalue weighted by Crippen LogP contribution is -2.55. The summed E-state index contributed by atoms with van der Waals surface area (Å²) in [4.78, 5) is 36.1. The SMILES string of the molecule is CN1CCCC[C@H]1C(=O)N1CCC2(CCC(=O)N(CCc3cccnc3)C2)CC1. The van der Waals surface area contributed by atoms with Gasteiger partial charge in [-0.25, -0.2) is 0 Å². The largest absolute Gasteiger partial charge is 0.342 e. The zero-order valence-corrected chi connectivity index (χ0v) is 17.7. The number of rotatable bonds is 4. The maximum Gasteiger partial charge on any atom is 0.239 e. The van der Waals surface area contributed by atoms with Crippen molar-refractivity contribution in [2.45, 2.75) is 57.4 Å². The number of amides is 2. The summed E-state index contributed by atoms with van der Waals surface area (Å²) < 4.78 is 0. The predicted molar refractivity (Wildman–Crippen MR) is 112 cm³/mol. The number of nitrogens with zero attached hydrogens (tertiary/aromatic N) is 4. The Kier molecular flexibility index (Phi) is 6.18. The summed E-state index contributed by atoms with van der Waals surface area (Å²) in [5, 5.41) is 0. The minimum atomic E-state index is 0.0710. The van der Waals surface area contributed by atoms with E-state index in [-0.39, 0.29) is 17.4 Å². The van der Waals surface area contributed by atoms with Crippen molar-refractivity contribution in [3.63, 3.8) is 0 Å². The van der Waals surface area contributed by atoms with Crippen molar-refractivity contribution in [2.24, 2.45) is 5.41 Å². The molecule has 6 nitrogen and oxygen atoms in total. The van der Waals surface area contributed by atoms with Crippen LogP contribution in [0.5, 0.6) is 0 Å². The molecule has 1 aromatic rings. The minimum Gasteiger partial charge on any atom is -0.342 e. The van der Waals surface area contributed by atoms with Crippen LogP contribution in [0.3, 0.4) is 0 Å². The van der Waals surface area contributed by atoms with Gasteiger partial charge < -0.3 is 9.80 Å². The number of carbonyl (C=O) groups excluding carboxylic acids is 2. The van der Waals surface area contributed by atoms with Crippen LogP contribution in [0, 0.1) is 5.41 Å². The fraction of sp³-hybridized carbons (Fsp3) is 0.696. The van der Waals surface area contributed by atoms with Crippen LogP contribution in [0.1, 0.15) is 50.5 Å². The van der Waals surface area contributed by atoms with Gasteiger partial charge in [0.15, 0.2) is 0 Å². The molecule has 29 heavy (non-hydrogen) atoms. The highest BCUT2D eigenvalue weighted by atomic mass is 16.2. The van der Waals surface area contributed by atoms with E-state index in [2.05, 4.69) is 32.8 Å². The second kappa shape index (κ2) is 8.82. The van der Waals surface area contributed by atoms with Crippen molar-refractivity contribution in [2.75, 3.05) is 39.8 Å². The van der Waals surface area contributed by atoms with E-state index in [1.54, 1.807) is 6.20 Å². The van der Waals surface area contributed by atoms with Crippen LogP contribution >= 0.6 is 0 Å². The summed E-state index contributed by atoms with van der Waals surface area (Å²) in [6.45, 7) is 4.32. The molecule has 0 bridgehead atoms. The number of aromatic nitrogens is 1. The average molecular weight is 399 g/mol. The molecule has 0 radical (unpaired) electrons. The van der Waals surface area contributed by atoms with Crippen LogP contribution in [0.2, 0.25) is 0 Å². The van der Waals surface area contributed by atoms with Crippen LogP contribution < -0.4 is 0 Å². The number of piperidine rings is 3. The molecule has 3 aliphatic heterocycles. The van der Waals surface area contributed by atoms with Crippen molar-refractivity contribution in [1.29, 1.82) is 0 Å². The first-order chi connectivity index (χ1) is 14.1. The van der Waals surface area contributed by atoms with Crippen molar-refractivity contribution in [3.05, 3.63) is 30.1 Å². The monoisotopic (exact) mass is 398 g/mol. The van der Waals surface area contributed by atoms with E-state index < -0.39 is 0 Å². The topological polar surface area (TPSA) is 56.8 Å². The molecule has 4 heterocycles. The van der Waals surface area contributed by atoms with Gasteiger partial charge in [-0.3, -0.25) is 19.5 Å². The fourth-order valence-electron chi connectivity index (χ4n) is 5.32. The minimum absolute atomic E-state index is 0.0710. The highest BCUT2D eigenvalue weighted by Gasteiger charge is 2.42. The fourth-order valence-corrected chi connectivity index (χ4v) is 5.32. The van der Waals surface area contributed by atoms with Gasteiger partial charge in [-0.05, 0) is 69.2 Å². The molecule has 0 N–H and O–H groups in total. The quantitative estimate of drug-likeness (QED) is 0.781. The van der Waals surface area contributed by atoms with Crippen molar-refractivity contribution < 1.29 is 9.59 Å². The Morgan fingerprint density at radius 2 is 2.03 bits per heavy atom. The number of hydrogen-bond donors (Lipinski definition) is 0. The normalized spacial score (nSPS) is 25.4. The smallest absolute Gasteiger partial charge is 0.239 e. The van der Waals surface area contributed by atoms with Gasteiger partial charge in [0.1, 0.15) is 0 Å². The molecule has 0 aromatic carbocycles. The van der Waals surface area contributed by atoms with Crippen LogP contribution in [0.25, 0.3) is 0 Å². The molecule has 0 aliphatic carbocycles. The van der Waals surface area contributed by atoms with Crippen molar-refractivity contribution >= 4 is 11.8 Å². The van der Waals surface area contributed by atoms with E-state index in [0.717, 1.165) is 71.2 Å². The second-order valence-electron chi connectivity index (χ2n) is 9.24. The molecule has 158 valence electrons. The van der Waals surface area contributed by atoms with E-state index >= 15 is 0 Å². The molecule has 3 fully saturated rings. The van der Waals surface area contributed by atoms with Gasteiger partial charge in [-0.1, -0.05) is 12.5 Å². The Balaban J connectivity index is 1.32. The van der Waals surface area contributed by atoms with Gasteiger partial charge >= 0.3 is 0 Å². The molecule has 3 saturated heterocycles.